The molecule has 1 aromatic rings. The summed E-state index contributed by atoms with van der Waals surface area (Å²) in [6.07, 6.45) is 1.03. The Balaban J connectivity index is 2.51. The van der Waals surface area contributed by atoms with E-state index in [9.17, 15) is 0 Å². The number of halogens is 2. The molecule has 78 valence electrons. The van der Waals surface area contributed by atoms with Crippen LogP contribution in [0.15, 0.2) is 18.2 Å². The first-order valence-electron chi connectivity index (χ1n) is 4.67. The van der Waals surface area contributed by atoms with Crippen LogP contribution in [0.25, 0.3) is 0 Å². The summed E-state index contributed by atoms with van der Waals surface area (Å²) in [5.41, 5.74) is 0. The molecule has 0 fully saturated rings. The van der Waals surface area contributed by atoms with E-state index in [-0.39, 0.29) is 0 Å². The molecule has 0 aliphatic rings. The van der Waals surface area contributed by atoms with Gasteiger partial charge in [0.15, 0.2) is 0 Å². The highest BCUT2D eigenvalue weighted by atomic mass is 35.5. The van der Waals surface area contributed by atoms with Gasteiger partial charge in [0, 0.05) is 5.02 Å². The number of rotatable bonds is 4. The third-order valence-corrected chi connectivity index (χ3v) is 2.38. The maximum absolute atomic E-state index is 5.94. The van der Waals surface area contributed by atoms with Crippen molar-refractivity contribution in [2.45, 2.75) is 20.3 Å². The average Bonchev–Trinajstić information content (AvgIpc) is 2.08. The standard InChI is InChI=1S/C11H14Cl2O/c1-8(2)5-6-14-11-4-3-9(12)7-10(11)13/h3-4,7-8H,5-6H2,1-2H3. The highest BCUT2D eigenvalue weighted by Gasteiger charge is 2.02. The van der Waals surface area contributed by atoms with Crippen molar-refractivity contribution in [3.05, 3.63) is 28.2 Å². The van der Waals surface area contributed by atoms with Gasteiger partial charge in [-0.1, -0.05) is 37.0 Å². The van der Waals surface area contributed by atoms with Gasteiger partial charge in [-0.15, -0.1) is 0 Å². The number of benzene rings is 1. The first-order valence-corrected chi connectivity index (χ1v) is 5.43. The second kappa shape index (κ2) is 5.47. The molecule has 0 aliphatic carbocycles. The molecule has 0 amide bonds. The van der Waals surface area contributed by atoms with Crippen LogP contribution in [0, 0.1) is 5.92 Å². The van der Waals surface area contributed by atoms with Crippen molar-refractivity contribution < 1.29 is 4.74 Å². The van der Waals surface area contributed by atoms with Gasteiger partial charge in [0.1, 0.15) is 5.75 Å². The smallest absolute Gasteiger partial charge is 0.137 e. The molecular weight excluding hydrogens is 219 g/mol. The summed E-state index contributed by atoms with van der Waals surface area (Å²) in [7, 11) is 0. The summed E-state index contributed by atoms with van der Waals surface area (Å²) in [6.45, 7) is 5.01. The predicted octanol–water partition coefficient (Wildman–Crippen LogP) is 4.42. The third kappa shape index (κ3) is 3.77. The molecule has 1 aromatic carbocycles. The van der Waals surface area contributed by atoms with Crippen molar-refractivity contribution in [3.63, 3.8) is 0 Å². The first-order chi connectivity index (χ1) is 6.59. The highest BCUT2D eigenvalue weighted by Crippen LogP contribution is 2.27. The lowest BCUT2D eigenvalue weighted by atomic mass is 10.1. The van der Waals surface area contributed by atoms with Gasteiger partial charge >= 0.3 is 0 Å². The third-order valence-electron chi connectivity index (χ3n) is 1.85. The van der Waals surface area contributed by atoms with Gasteiger partial charge in [-0.3, -0.25) is 0 Å². The highest BCUT2D eigenvalue weighted by molar-refractivity contribution is 6.35. The van der Waals surface area contributed by atoms with Gasteiger partial charge in [0.2, 0.25) is 0 Å². The predicted molar refractivity (Wildman–Crippen MR) is 61.4 cm³/mol. The van der Waals surface area contributed by atoms with E-state index in [1.165, 1.54) is 0 Å². The van der Waals surface area contributed by atoms with E-state index in [0.29, 0.717) is 28.3 Å². The normalized spacial score (nSPS) is 10.6. The quantitative estimate of drug-likeness (QED) is 0.747. The second-order valence-electron chi connectivity index (χ2n) is 3.61. The molecule has 1 nitrogen and oxygen atoms in total. The van der Waals surface area contributed by atoms with Gasteiger partial charge in [0.05, 0.1) is 11.6 Å². The van der Waals surface area contributed by atoms with Gasteiger partial charge in [-0.25, -0.2) is 0 Å². The number of hydrogen-bond acceptors (Lipinski definition) is 1. The Labute approximate surface area is 95.0 Å². The van der Waals surface area contributed by atoms with Crippen molar-refractivity contribution >= 4 is 23.2 Å². The summed E-state index contributed by atoms with van der Waals surface area (Å²) in [5.74, 6) is 1.35. The van der Waals surface area contributed by atoms with E-state index in [2.05, 4.69) is 13.8 Å². The Morgan fingerprint density at radius 1 is 1.29 bits per heavy atom. The van der Waals surface area contributed by atoms with Crippen LogP contribution in [0.5, 0.6) is 5.75 Å². The molecule has 0 bridgehead atoms. The molecule has 14 heavy (non-hydrogen) atoms. The SMILES string of the molecule is CC(C)CCOc1ccc(Cl)cc1Cl. The van der Waals surface area contributed by atoms with Crippen molar-refractivity contribution in [2.75, 3.05) is 6.61 Å². The van der Waals surface area contributed by atoms with E-state index in [1.54, 1.807) is 18.2 Å². The Morgan fingerprint density at radius 2 is 2.00 bits per heavy atom. The summed E-state index contributed by atoms with van der Waals surface area (Å²) < 4.78 is 5.51. The first kappa shape index (κ1) is 11.7. The van der Waals surface area contributed by atoms with Crippen molar-refractivity contribution in [1.82, 2.24) is 0 Å². The summed E-state index contributed by atoms with van der Waals surface area (Å²) in [4.78, 5) is 0. The Kier molecular flexibility index (Phi) is 4.56. The molecule has 0 saturated carbocycles. The maximum atomic E-state index is 5.94. The minimum absolute atomic E-state index is 0.571. The monoisotopic (exact) mass is 232 g/mol. The maximum Gasteiger partial charge on any atom is 0.137 e. The van der Waals surface area contributed by atoms with E-state index < -0.39 is 0 Å². The van der Waals surface area contributed by atoms with E-state index in [4.69, 9.17) is 27.9 Å². The lowest BCUT2D eigenvalue weighted by Crippen LogP contribution is -2.01. The van der Waals surface area contributed by atoms with Crippen LogP contribution < -0.4 is 4.74 Å². The topological polar surface area (TPSA) is 9.23 Å². The number of hydrogen-bond donors (Lipinski definition) is 0. The van der Waals surface area contributed by atoms with E-state index in [1.807, 2.05) is 0 Å². The molecule has 0 radical (unpaired) electrons. The van der Waals surface area contributed by atoms with Gasteiger partial charge < -0.3 is 4.74 Å². The van der Waals surface area contributed by atoms with Crippen molar-refractivity contribution in [3.8, 4) is 5.75 Å². The molecule has 0 atom stereocenters. The second-order valence-corrected chi connectivity index (χ2v) is 4.45. The fraction of sp³-hybridized carbons (Fsp3) is 0.455. The molecule has 0 aromatic heterocycles. The largest absolute Gasteiger partial charge is 0.492 e. The average molecular weight is 233 g/mol. The molecule has 0 heterocycles. The van der Waals surface area contributed by atoms with Crippen LogP contribution >= 0.6 is 23.2 Å². The minimum atomic E-state index is 0.571. The Bertz CT molecular complexity index is 297. The van der Waals surface area contributed by atoms with Crippen molar-refractivity contribution in [1.29, 1.82) is 0 Å². The van der Waals surface area contributed by atoms with Crippen molar-refractivity contribution in [2.24, 2.45) is 5.92 Å². The zero-order valence-electron chi connectivity index (χ0n) is 8.39. The summed E-state index contributed by atoms with van der Waals surface area (Å²) in [6, 6.07) is 5.26. The Morgan fingerprint density at radius 3 is 2.57 bits per heavy atom. The molecular formula is C11H14Cl2O. The van der Waals surface area contributed by atoms with E-state index in [0.717, 1.165) is 6.42 Å². The van der Waals surface area contributed by atoms with E-state index >= 15 is 0 Å². The summed E-state index contributed by atoms with van der Waals surface area (Å²) >= 11 is 11.7. The molecule has 0 aliphatic heterocycles. The van der Waals surface area contributed by atoms with Crippen LogP contribution in [0.1, 0.15) is 20.3 Å². The molecule has 0 unspecified atom stereocenters. The van der Waals surface area contributed by atoms with Crippen LogP contribution in [0.2, 0.25) is 10.0 Å². The lowest BCUT2D eigenvalue weighted by molar-refractivity contribution is 0.289. The molecule has 1 rings (SSSR count). The van der Waals surface area contributed by atoms with Gasteiger partial charge in [-0.2, -0.15) is 0 Å². The Hall–Kier alpha value is -0.400. The van der Waals surface area contributed by atoms with Gasteiger partial charge in [-0.05, 0) is 30.5 Å². The molecule has 0 spiro atoms. The zero-order valence-corrected chi connectivity index (χ0v) is 9.90. The minimum Gasteiger partial charge on any atom is -0.492 e. The summed E-state index contributed by atoms with van der Waals surface area (Å²) in [5, 5.41) is 1.20. The lowest BCUT2D eigenvalue weighted by Gasteiger charge is -2.09. The van der Waals surface area contributed by atoms with Gasteiger partial charge in [0.25, 0.3) is 0 Å². The molecule has 3 heteroatoms. The zero-order chi connectivity index (χ0) is 10.6. The fourth-order valence-electron chi connectivity index (χ4n) is 0.997. The van der Waals surface area contributed by atoms with Crippen LogP contribution in [-0.2, 0) is 0 Å². The van der Waals surface area contributed by atoms with Crippen LogP contribution in [0.3, 0.4) is 0 Å². The molecule has 0 N–H and O–H groups in total. The number of ether oxygens (including phenoxy) is 1. The fourth-order valence-corrected chi connectivity index (χ4v) is 1.46. The molecule has 0 saturated heterocycles. The van der Waals surface area contributed by atoms with Crippen LogP contribution in [0.4, 0.5) is 0 Å². The van der Waals surface area contributed by atoms with Crippen LogP contribution in [-0.4, -0.2) is 6.61 Å².